The van der Waals surface area contributed by atoms with Gasteiger partial charge in [-0.15, -0.1) is 0 Å². The van der Waals surface area contributed by atoms with Crippen LogP contribution in [0.2, 0.25) is 0 Å². The summed E-state index contributed by atoms with van der Waals surface area (Å²) in [5.41, 5.74) is 24.3. The van der Waals surface area contributed by atoms with E-state index in [1.54, 1.807) is 23.9 Å². The average molecular weight is 663 g/mol. The first-order valence-electron chi connectivity index (χ1n) is 16.8. The van der Waals surface area contributed by atoms with Crippen molar-refractivity contribution < 1.29 is 23.6 Å². The van der Waals surface area contributed by atoms with Crippen LogP contribution in [0, 0.1) is 17.8 Å². The van der Waals surface area contributed by atoms with E-state index in [1.165, 1.54) is 0 Å². The standard InChI is InChI=1S/C35H48N7O4S/c1-21(2)24-15-13-22(3)17-30(24)46-33(44)19-42-28-10-6-5-9-27(28)41(4)35(42)23-14-16-29(26(18-23)39-40-38)45-32(43)12-8-7-11-31-34(37)25(36)20-47-31/h5-6,9-10,14,16,18,21-22,24-25,30-31,34H,7-8,11-13,15,17,19-20,36-37H2,1-4H3/q+1/t22-,24+,25-,30-,31-,34-/m1/s1. The van der Waals surface area contributed by atoms with Crippen molar-refractivity contribution in [1.82, 2.24) is 4.57 Å². The number of aromatic nitrogens is 2. The van der Waals surface area contributed by atoms with E-state index in [1.807, 2.05) is 46.5 Å². The maximum absolute atomic E-state index is 13.6. The summed E-state index contributed by atoms with van der Waals surface area (Å²) < 4.78 is 15.8. The smallest absolute Gasteiger partial charge is 0.348 e. The summed E-state index contributed by atoms with van der Waals surface area (Å²) in [6.07, 6.45) is 5.64. The molecule has 12 heteroatoms. The molecule has 1 saturated heterocycles. The maximum Gasteiger partial charge on any atom is 0.348 e. The van der Waals surface area contributed by atoms with Gasteiger partial charge in [0.2, 0.25) is 0 Å². The number of carbonyl (C=O) groups excluding carboxylic acids is 2. The van der Waals surface area contributed by atoms with Gasteiger partial charge in [0.25, 0.3) is 5.82 Å². The molecule has 0 radical (unpaired) electrons. The molecule has 1 aromatic heterocycles. The van der Waals surface area contributed by atoms with Crippen molar-refractivity contribution in [3.8, 4) is 17.1 Å². The number of azide groups is 1. The number of nitrogens with two attached hydrogens (primary N) is 2. The van der Waals surface area contributed by atoms with Crippen LogP contribution in [0.1, 0.15) is 65.7 Å². The molecule has 1 aliphatic carbocycles. The monoisotopic (exact) mass is 662 g/mol. The second-order valence-corrected chi connectivity index (χ2v) is 14.8. The summed E-state index contributed by atoms with van der Waals surface area (Å²) in [6, 6.07) is 13.0. The molecule has 5 rings (SSSR count). The first-order chi connectivity index (χ1) is 22.6. The zero-order valence-electron chi connectivity index (χ0n) is 27.9. The molecule has 4 N–H and O–H groups in total. The van der Waals surface area contributed by atoms with Crippen LogP contribution in [-0.4, -0.2) is 45.7 Å². The number of hydrogen-bond donors (Lipinski definition) is 2. The lowest BCUT2D eigenvalue weighted by Gasteiger charge is -2.36. The fourth-order valence-electron chi connectivity index (χ4n) is 7.15. The number of ether oxygens (including phenoxy) is 2. The van der Waals surface area contributed by atoms with E-state index >= 15 is 0 Å². The highest BCUT2D eigenvalue weighted by molar-refractivity contribution is 8.00. The second-order valence-electron chi connectivity index (χ2n) is 13.5. The molecule has 2 aliphatic rings. The quantitative estimate of drug-likeness (QED) is 0.0436. The second kappa shape index (κ2) is 15.6. The predicted octanol–water partition coefficient (Wildman–Crippen LogP) is 6.31. The van der Waals surface area contributed by atoms with Crippen LogP contribution in [-0.2, 0) is 27.9 Å². The summed E-state index contributed by atoms with van der Waals surface area (Å²) in [5, 5.41) is 4.17. The number of para-hydroxylation sites is 2. The Morgan fingerprint density at radius 3 is 2.66 bits per heavy atom. The van der Waals surface area contributed by atoms with Crippen molar-refractivity contribution in [2.24, 2.45) is 41.4 Å². The number of fused-ring (bicyclic) bond motifs is 1. The molecule has 0 spiro atoms. The Hall–Kier alpha value is -3.57. The lowest BCUT2D eigenvalue weighted by molar-refractivity contribution is -0.634. The zero-order valence-corrected chi connectivity index (χ0v) is 28.7. The first kappa shape index (κ1) is 34.8. The first-order valence-corrected chi connectivity index (χ1v) is 17.8. The van der Waals surface area contributed by atoms with E-state index in [0.717, 1.165) is 54.7 Å². The highest BCUT2D eigenvalue weighted by Gasteiger charge is 2.35. The number of imidazole rings is 1. The van der Waals surface area contributed by atoms with Crippen LogP contribution in [0.25, 0.3) is 32.9 Å². The summed E-state index contributed by atoms with van der Waals surface area (Å²) >= 11 is 1.80. The predicted molar refractivity (Wildman–Crippen MR) is 185 cm³/mol. The normalized spacial score (nSPS) is 24.3. The van der Waals surface area contributed by atoms with Crippen molar-refractivity contribution in [2.75, 3.05) is 5.75 Å². The number of hydrogen-bond acceptors (Lipinski definition) is 8. The van der Waals surface area contributed by atoms with Gasteiger partial charge >= 0.3 is 11.9 Å². The van der Waals surface area contributed by atoms with Gasteiger partial charge in [-0.25, -0.2) is 13.9 Å². The lowest BCUT2D eigenvalue weighted by atomic mass is 9.75. The van der Waals surface area contributed by atoms with E-state index in [9.17, 15) is 15.1 Å². The van der Waals surface area contributed by atoms with Crippen LogP contribution in [0.5, 0.6) is 5.75 Å². The molecule has 2 fully saturated rings. The highest BCUT2D eigenvalue weighted by Crippen LogP contribution is 2.37. The van der Waals surface area contributed by atoms with Crippen LogP contribution in [0.4, 0.5) is 5.69 Å². The molecule has 11 nitrogen and oxygen atoms in total. The number of carbonyl (C=O) groups is 2. The van der Waals surface area contributed by atoms with E-state index in [2.05, 4.69) is 30.8 Å². The Labute approximate surface area is 281 Å². The Morgan fingerprint density at radius 2 is 1.94 bits per heavy atom. The topological polar surface area (TPSA) is 162 Å². The number of rotatable bonds is 12. The molecule has 1 saturated carbocycles. The third-order valence-electron chi connectivity index (χ3n) is 9.78. The van der Waals surface area contributed by atoms with Gasteiger partial charge < -0.3 is 20.9 Å². The number of aryl methyl sites for hydroxylation is 1. The molecule has 2 aromatic carbocycles. The van der Waals surface area contributed by atoms with Gasteiger partial charge in [0.15, 0.2) is 17.6 Å². The van der Waals surface area contributed by atoms with Crippen molar-refractivity contribution in [2.45, 2.75) is 95.7 Å². The van der Waals surface area contributed by atoms with Crippen molar-refractivity contribution in [1.29, 1.82) is 0 Å². The van der Waals surface area contributed by atoms with Crippen molar-refractivity contribution in [3.63, 3.8) is 0 Å². The number of benzene rings is 2. The number of nitrogens with zero attached hydrogens (tertiary/aromatic N) is 5. The zero-order chi connectivity index (χ0) is 33.7. The summed E-state index contributed by atoms with van der Waals surface area (Å²) in [7, 11) is 1.93. The molecule has 0 unspecified atom stereocenters. The molecule has 1 aliphatic heterocycles. The minimum absolute atomic E-state index is 0.0130. The molecule has 2 heterocycles. The van der Waals surface area contributed by atoms with Crippen molar-refractivity contribution in [3.05, 3.63) is 52.9 Å². The largest absolute Gasteiger partial charge is 0.459 e. The molecular formula is C35H48N7O4S+. The fourth-order valence-corrected chi connectivity index (χ4v) is 8.60. The SMILES string of the molecule is CC(C)[C@@H]1CC[C@@H](C)C[C@H]1OC(=O)Cn1c(-c2ccc(OC(=O)CCCC[C@H]3SC[C@@H](N)[C@H]3N)c(N=[N+]=[N-])c2)[n+](C)c2ccccc21. The highest BCUT2D eigenvalue weighted by atomic mass is 32.2. The van der Waals surface area contributed by atoms with Gasteiger partial charge in [-0.1, -0.05) is 50.9 Å². The van der Waals surface area contributed by atoms with E-state index in [4.69, 9.17) is 20.9 Å². The van der Waals surface area contributed by atoms with Crippen LogP contribution in [0.3, 0.4) is 0 Å². The van der Waals surface area contributed by atoms with Crippen LogP contribution >= 0.6 is 11.8 Å². The van der Waals surface area contributed by atoms with Gasteiger partial charge in [-0.2, -0.15) is 11.8 Å². The summed E-state index contributed by atoms with van der Waals surface area (Å²) in [4.78, 5) is 29.3. The molecule has 0 bridgehead atoms. The summed E-state index contributed by atoms with van der Waals surface area (Å²) in [6.45, 7) is 6.64. The van der Waals surface area contributed by atoms with Gasteiger partial charge in [-0.05, 0) is 79.3 Å². The third-order valence-corrected chi connectivity index (χ3v) is 11.3. The minimum atomic E-state index is -0.397. The Morgan fingerprint density at radius 1 is 1.15 bits per heavy atom. The Kier molecular flexibility index (Phi) is 11.5. The van der Waals surface area contributed by atoms with Crippen molar-refractivity contribution >= 4 is 40.4 Å². The molecule has 252 valence electrons. The van der Waals surface area contributed by atoms with Crippen LogP contribution < -0.4 is 20.8 Å². The van der Waals surface area contributed by atoms with E-state index in [-0.39, 0.29) is 48.6 Å². The Balaban J connectivity index is 1.34. The molecule has 6 atom stereocenters. The number of esters is 2. The lowest BCUT2D eigenvalue weighted by Crippen LogP contribution is -2.43. The molecule has 47 heavy (non-hydrogen) atoms. The maximum atomic E-state index is 13.6. The van der Waals surface area contributed by atoms with Crippen LogP contribution in [0.15, 0.2) is 47.6 Å². The van der Waals surface area contributed by atoms with Gasteiger partial charge in [-0.3, -0.25) is 4.79 Å². The molecule has 3 aromatic rings. The fraction of sp³-hybridized carbons (Fsp3) is 0.571. The van der Waals surface area contributed by atoms with E-state index in [0.29, 0.717) is 35.0 Å². The minimum Gasteiger partial charge on any atom is -0.459 e. The Bertz CT molecular complexity index is 1640. The van der Waals surface area contributed by atoms with E-state index < -0.39 is 5.97 Å². The van der Waals surface area contributed by atoms with Gasteiger partial charge in [0, 0.05) is 34.4 Å². The van der Waals surface area contributed by atoms with Gasteiger partial charge in [0.05, 0.1) is 18.3 Å². The number of unbranched alkanes of at least 4 members (excludes halogenated alkanes) is 1. The molecule has 0 amide bonds. The molecular weight excluding hydrogens is 614 g/mol. The van der Waals surface area contributed by atoms with Gasteiger partial charge in [0.1, 0.15) is 11.9 Å². The average Bonchev–Trinajstić information content (AvgIpc) is 3.50. The number of thioether (sulfide) groups is 1. The summed E-state index contributed by atoms with van der Waals surface area (Å²) in [5.74, 6) is 2.40. The third kappa shape index (κ3) is 8.12.